The molecule has 3 heterocycles. The Morgan fingerprint density at radius 2 is 1.92 bits per heavy atom. The molecule has 2 amide bonds. The van der Waals surface area contributed by atoms with Gasteiger partial charge in [0.1, 0.15) is 0 Å². The summed E-state index contributed by atoms with van der Waals surface area (Å²) in [6.07, 6.45) is 9.73. The third-order valence-electron chi connectivity index (χ3n) is 5.46. The highest BCUT2D eigenvalue weighted by atomic mass is 16.2. The normalized spacial score (nSPS) is 21.8. The molecule has 2 fully saturated rings. The highest BCUT2D eigenvalue weighted by Crippen LogP contribution is 2.31. The van der Waals surface area contributed by atoms with Gasteiger partial charge in [-0.05, 0) is 31.7 Å². The lowest BCUT2D eigenvalue weighted by Crippen LogP contribution is -2.44. The van der Waals surface area contributed by atoms with Crippen LogP contribution in [0.3, 0.4) is 0 Å². The fourth-order valence-corrected chi connectivity index (χ4v) is 4.05. The van der Waals surface area contributed by atoms with Crippen molar-refractivity contribution in [2.75, 3.05) is 13.1 Å². The number of rotatable bonds is 3. The summed E-state index contributed by atoms with van der Waals surface area (Å²) in [4.78, 5) is 30.4. The van der Waals surface area contributed by atoms with Crippen LogP contribution in [0.1, 0.15) is 54.9 Å². The molecule has 1 saturated heterocycles. The molecule has 0 spiro atoms. The monoisotopic (exact) mass is 341 g/mol. The van der Waals surface area contributed by atoms with E-state index in [4.69, 9.17) is 5.73 Å². The van der Waals surface area contributed by atoms with Gasteiger partial charge < -0.3 is 10.6 Å². The van der Waals surface area contributed by atoms with Gasteiger partial charge in [-0.15, -0.1) is 0 Å². The first kappa shape index (κ1) is 16.1. The summed E-state index contributed by atoms with van der Waals surface area (Å²) in [7, 11) is 0. The summed E-state index contributed by atoms with van der Waals surface area (Å²) in [6, 6.07) is 2.28. The molecule has 0 bridgehead atoms. The van der Waals surface area contributed by atoms with E-state index in [2.05, 4.69) is 10.1 Å². The summed E-state index contributed by atoms with van der Waals surface area (Å²) < 4.78 is 2.00. The summed E-state index contributed by atoms with van der Waals surface area (Å²) in [5.41, 5.74) is 6.79. The molecule has 1 unspecified atom stereocenters. The predicted molar refractivity (Wildman–Crippen MR) is 92.9 cm³/mol. The minimum atomic E-state index is -0.330. The number of pyridine rings is 1. The Balaban J connectivity index is 1.57. The van der Waals surface area contributed by atoms with Crippen molar-refractivity contribution < 1.29 is 9.59 Å². The van der Waals surface area contributed by atoms with Crippen molar-refractivity contribution in [2.45, 2.75) is 44.6 Å². The third-order valence-corrected chi connectivity index (χ3v) is 5.46. The number of nitrogens with zero attached hydrogens (tertiary/aromatic N) is 4. The highest BCUT2D eigenvalue weighted by Gasteiger charge is 2.28. The SMILES string of the molecule is NC(=O)C1CCCN(C(=O)c2cnc3c(cnn3C3CCCC3)c2)C1. The number of amides is 2. The number of fused-ring (bicyclic) bond motifs is 1. The van der Waals surface area contributed by atoms with E-state index in [1.165, 1.54) is 12.8 Å². The van der Waals surface area contributed by atoms with Gasteiger partial charge in [0.25, 0.3) is 5.91 Å². The van der Waals surface area contributed by atoms with Gasteiger partial charge in [-0.3, -0.25) is 9.59 Å². The van der Waals surface area contributed by atoms with E-state index in [1.54, 1.807) is 17.3 Å². The maximum atomic E-state index is 12.8. The quantitative estimate of drug-likeness (QED) is 0.922. The summed E-state index contributed by atoms with van der Waals surface area (Å²) in [5.74, 6) is -0.669. The second-order valence-electron chi connectivity index (χ2n) is 7.16. The highest BCUT2D eigenvalue weighted by molar-refractivity contribution is 5.97. The molecule has 1 saturated carbocycles. The molecule has 1 atom stereocenters. The number of aromatic nitrogens is 3. The van der Waals surface area contributed by atoms with Gasteiger partial charge in [0, 0.05) is 24.7 Å². The second kappa shape index (κ2) is 6.46. The molecular formula is C18H23N5O2. The predicted octanol–water partition coefficient (Wildman–Crippen LogP) is 1.88. The van der Waals surface area contributed by atoms with Crippen molar-refractivity contribution in [3.05, 3.63) is 24.0 Å². The number of nitrogens with two attached hydrogens (primary N) is 1. The number of carbonyl (C=O) groups excluding carboxylic acids is 2. The number of hydrogen-bond donors (Lipinski definition) is 1. The Hall–Kier alpha value is -2.44. The van der Waals surface area contributed by atoms with Gasteiger partial charge in [-0.1, -0.05) is 12.8 Å². The number of carbonyl (C=O) groups is 2. The molecule has 0 radical (unpaired) electrons. The molecule has 2 N–H and O–H groups in total. The van der Waals surface area contributed by atoms with E-state index in [1.807, 2.05) is 10.7 Å². The van der Waals surface area contributed by atoms with Crippen LogP contribution in [-0.4, -0.2) is 44.6 Å². The fraction of sp³-hybridized carbons (Fsp3) is 0.556. The topological polar surface area (TPSA) is 94.1 Å². The molecule has 2 aromatic rings. The van der Waals surface area contributed by atoms with Crippen LogP contribution in [0, 0.1) is 5.92 Å². The molecule has 2 aliphatic rings. The molecule has 7 heteroatoms. The Labute approximate surface area is 146 Å². The number of primary amides is 1. The van der Waals surface area contributed by atoms with Crippen LogP contribution in [0.25, 0.3) is 11.0 Å². The summed E-state index contributed by atoms with van der Waals surface area (Å²) in [6.45, 7) is 1.05. The molecular weight excluding hydrogens is 318 g/mol. The van der Waals surface area contributed by atoms with Crippen molar-refractivity contribution in [2.24, 2.45) is 11.7 Å². The van der Waals surface area contributed by atoms with Crippen LogP contribution >= 0.6 is 0 Å². The van der Waals surface area contributed by atoms with Gasteiger partial charge in [-0.25, -0.2) is 9.67 Å². The Bertz CT molecular complexity index is 809. The largest absolute Gasteiger partial charge is 0.369 e. The van der Waals surface area contributed by atoms with E-state index < -0.39 is 0 Å². The van der Waals surface area contributed by atoms with Gasteiger partial charge >= 0.3 is 0 Å². The Morgan fingerprint density at radius 3 is 2.68 bits per heavy atom. The van der Waals surface area contributed by atoms with Crippen LogP contribution in [0.4, 0.5) is 0 Å². The average molecular weight is 341 g/mol. The summed E-state index contributed by atoms with van der Waals surface area (Å²) in [5, 5.41) is 5.38. The fourth-order valence-electron chi connectivity index (χ4n) is 4.05. The van der Waals surface area contributed by atoms with E-state index in [9.17, 15) is 9.59 Å². The standard InChI is InChI=1S/C18H23N5O2/c19-16(24)12-4-3-7-22(11-12)18(25)14-8-13-10-21-23(17(13)20-9-14)15-5-1-2-6-15/h8-10,12,15H,1-7,11H2,(H2,19,24). The molecule has 132 valence electrons. The number of likely N-dealkylation sites (tertiary alicyclic amines) is 1. The zero-order chi connectivity index (χ0) is 17.4. The first-order valence-electron chi connectivity index (χ1n) is 9.05. The maximum absolute atomic E-state index is 12.8. The minimum Gasteiger partial charge on any atom is -0.369 e. The van der Waals surface area contributed by atoms with Gasteiger partial charge in [0.15, 0.2) is 5.65 Å². The summed E-state index contributed by atoms with van der Waals surface area (Å²) >= 11 is 0. The van der Waals surface area contributed by atoms with E-state index in [0.717, 1.165) is 36.7 Å². The molecule has 4 rings (SSSR count). The number of hydrogen-bond acceptors (Lipinski definition) is 4. The van der Waals surface area contributed by atoms with Crippen molar-refractivity contribution in [3.63, 3.8) is 0 Å². The van der Waals surface area contributed by atoms with Gasteiger partial charge in [0.2, 0.25) is 5.91 Å². The molecule has 1 aliphatic carbocycles. The van der Waals surface area contributed by atoms with Crippen molar-refractivity contribution in [1.82, 2.24) is 19.7 Å². The van der Waals surface area contributed by atoms with Gasteiger partial charge in [0.05, 0.1) is 23.7 Å². The van der Waals surface area contributed by atoms with Crippen molar-refractivity contribution in [1.29, 1.82) is 0 Å². The van der Waals surface area contributed by atoms with E-state index in [0.29, 0.717) is 24.7 Å². The van der Waals surface area contributed by atoms with Crippen molar-refractivity contribution >= 4 is 22.8 Å². The molecule has 2 aromatic heterocycles. The minimum absolute atomic E-state index is 0.0889. The van der Waals surface area contributed by atoms with E-state index >= 15 is 0 Å². The van der Waals surface area contributed by atoms with Crippen LogP contribution in [0.15, 0.2) is 18.5 Å². The first-order valence-corrected chi connectivity index (χ1v) is 9.05. The average Bonchev–Trinajstić information content (AvgIpc) is 3.29. The van der Waals surface area contributed by atoms with E-state index in [-0.39, 0.29) is 17.7 Å². The zero-order valence-electron chi connectivity index (χ0n) is 14.2. The zero-order valence-corrected chi connectivity index (χ0v) is 14.2. The smallest absolute Gasteiger partial charge is 0.255 e. The van der Waals surface area contributed by atoms with Crippen LogP contribution in [0.2, 0.25) is 0 Å². The Kier molecular flexibility index (Phi) is 4.15. The van der Waals surface area contributed by atoms with Crippen molar-refractivity contribution in [3.8, 4) is 0 Å². The van der Waals surface area contributed by atoms with Gasteiger partial charge in [-0.2, -0.15) is 5.10 Å². The molecule has 1 aliphatic heterocycles. The molecule has 7 nitrogen and oxygen atoms in total. The lowest BCUT2D eigenvalue weighted by Gasteiger charge is -2.31. The third kappa shape index (κ3) is 2.99. The second-order valence-corrected chi connectivity index (χ2v) is 7.16. The first-order chi connectivity index (χ1) is 12.1. The molecule has 0 aromatic carbocycles. The van der Waals surface area contributed by atoms with Crippen LogP contribution in [-0.2, 0) is 4.79 Å². The number of piperidine rings is 1. The Morgan fingerprint density at radius 1 is 1.12 bits per heavy atom. The lowest BCUT2D eigenvalue weighted by atomic mass is 9.97. The molecule has 25 heavy (non-hydrogen) atoms. The lowest BCUT2D eigenvalue weighted by molar-refractivity contribution is -0.123. The van der Waals surface area contributed by atoms with Crippen LogP contribution in [0.5, 0.6) is 0 Å². The maximum Gasteiger partial charge on any atom is 0.255 e. The van der Waals surface area contributed by atoms with Crippen LogP contribution < -0.4 is 5.73 Å².